The highest BCUT2D eigenvalue weighted by Crippen LogP contribution is 2.19. The van der Waals surface area contributed by atoms with Crippen LogP contribution in [-0.2, 0) is 4.79 Å². The highest BCUT2D eigenvalue weighted by molar-refractivity contribution is 8.01. The Kier molecular flexibility index (Phi) is 4.48. The predicted octanol–water partition coefficient (Wildman–Crippen LogP) is -0.138. The average molecular weight is 179 g/mol. The highest BCUT2D eigenvalue weighted by Gasteiger charge is 2.27. The molecule has 0 fully saturated rings. The van der Waals surface area contributed by atoms with Gasteiger partial charge in [0, 0.05) is 6.61 Å². The Morgan fingerprint density at radius 3 is 2.64 bits per heavy atom. The Morgan fingerprint density at radius 2 is 2.27 bits per heavy atom. The second-order valence-corrected chi connectivity index (χ2v) is 3.88. The van der Waals surface area contributed by atoms with Crippen LogP contribution in [0.2, 0.25) is 0 Å². The molecule has 0 saturated carbocycles. The maximum atomic E-state index is 10.4. The lowest BCUT2D eigenvalue weighted by atomic mass is 10.4. The van der Waals surface area contributed by atoms with Crippen molar-refractivity contribution in [3.05, 3.63) is 0 Å². The lowest BCUT2D eigenvalue weighted by Crippen LogP contribution is -2.41. The number of hydrogen-bond acceptors (Lipinski definition) is 4. The molecule has 0 unspecified atom stereocenters. The van der Waals surface area contributed by atoms with E-state index in [2.05, 4.69) is 0 Å². The summed E-state index contributed by atoms with van der Waals surface area (Å²) in [6.07, 6.45) is 0.574. The summed E-state index contributed by atoms with van der Waals surface area (Å²) in [4.78, 5) is 9.18. The van der Waals surface area contributed by atoms with Gasteiger partial charge in [0.05, 0.1) is 0 Å². The predicted molar refractivity (Wildman–Crippen MR) is 44.4 cm³/mol. The number of aliphatic hydroxyl groups excluding tert-OH is 1. The molecular weight excluding hydrogens is 166 g/mol. The molecule has 0 aliphatic heterocycles. The molecule has 4 N–H and O–H groups in total. The third kappa shape index (κ3) is 4.23. The molecule has 0 rings (SSSR count). The molecular formula is C6H13NO3S. The molecule has 0 aromatic heterocycles. The lowest BCUT2D eigenvalue weighted by Gasteiger charge is -2.17. The summed E-state index contributed by atoms with van der Waals surface area (Å²) in [5.41, 5.74) is 5.38. The molecule has 1 atom stereocenters. The smallest absolute Gasteiger partial charge is 0.333 e. The van der Waals surface area contributed by atoms with E-state index in [0.29, 0.717) is 12.2 Å². The maximum absolute atomic E-state index is 10.4. The molecule has 4 nitrogen and oxygen atoms in total. The second kappa shape index (κ2) is 4.58. The van der Waals surface area contributed by atoms with Gasteiger partial charge in [-0.05, 0) is 19.1 Å². The third-order valence-electron chi connectivity index (χ3n) is 1.13. The molecule has 5 heteroatoms. The van der Waals surface area contributed by atoms with Crippen LogP contribution in [0.25, 0.3) is 0 Å². The Morgan fingerprint density at radius 1 is 1.73 bits per heavy atom. The minimum atomic E-state index is -1.23. The van der Waals surface area contributed by atoms with E-state index in [0.717, 1.165) is 11.8 Å². The Bertz CT molecular complexity index is 138. The molecule has 0 radical (unpaired) electrons. The van der Waals surface area contributed by atoms with Gasteiger partial charge in [-0.2, -0.15) is 0 Å². The van der Waals surface area contributed by atoms with E-state index in [1.807, 2.05) is 0 Å². The number of aliphatic hydroxyl groups is 1. The zero-order valence-corrected chi connectivity index (χ0v) is 7.23. The van der Waals surface area contributed by atoms with Crippen molar-refractivity contribution in [1.82, 2.24) is 0 Å². The number of carboxylic acid groups (broad SMARTS) is 1. The van der Waals surface area contributed by atoms with Crippen LogP contribution in [0.5, 0.6) is 0 Å². The van der Waals surface area contributed by atoms with Crippen LogP contribution in [0, 0.1) is 0 Å². The molecule has 0 aromatic rings. The first kappa shape index (κ1) is 10.7. The van der Waals surface area contributed by atoms with Gasteiger partial charge in [0.2, 0.25) is 0 Å². The summed E-state index contributed by atoms with van der Waals surface area (Å²) >= 11 is 1.13. The van der Waals surface area contributed by atoms with Gasteiger partial charge >= 0.3 is 5.97 Å². The minimum absolute atomic E-state index is 0.0721. The second-order valence-electron chi connectivity index (χ2n) is 2.34. The van der Waals surface area contributed by atoms with Crippen molar-refractivity contribution in [2.75, 3.05) is 12.4 Å². The van der Waals surface area contributed by atoms with Gasteiger partial charge in [-0.3, -0.25) is 0 Å². The number of rotatable bonds is 5. The monoisotopic (exact) mass is 179 g/mol. The maximum Gasteiger partial charge on any atom is 0.333 e. The number of nitrogens with two attached hydrogens (primary N) is 1. The number of hydrogen-bond donors (Lipinski definition) is 3. The minimum Gasteiger partial charge on any atom is -0.479 e. The molecule has 0 amide bonds. The molecule has 0 saturated heterocycles. The van der Waals surface area contributed by atoms with E-state index in [4.69, 9.17) is 15.9 Å². The van der Waals surface area contributed by atoms with Crippen molar-refractivity contribution >= 4 is 17.7 Å². The van der Waals surface area contributed by atoms with Crippen molar-refractivity contribution < 1.29 is 15.0 Å². The summed E-state index contributed by atoms with van der Waals surface area (Å²) in [6, 6.07) is 0. The Balaban J connectivity index is 3.64. The van der Waals surface area contributed by atoms with Gasteiger partial charge < -0.3 is 15.9 Å². The van der Waals surface area contributed by atoms with E-state index >= 15 is 0 Å². The molecule has 0 heterocycles. The third-order valence-corrected chi connectivity index (χ3v) is 2.40. The number of carboxylic acids is 1. The zero-order valence-electron chi connectivity index (χ0n) is 6.41. The van der Waals surface area contributed by atoms with Crippen LogP contribution in [0.15, 0.2) is 0 Å². The van der Waals surface area contributed by atoms with Gasteiger partial charge in [0.25, 0.3) is 0 Å². The quantitative estimate of drug-likeness (QED) is 0.404. The first-order valence-electron chi connectivity index (χ1n) is 3.28. The molecule has 0 aliphatic rings. The fraction of sp³-hybridized carbons (Fsp3) is 0.833. The van der Waals surface area contributed by atoms with E-state index in [9.17, 15) is 4.79 Å². The van der Waals surface area contributed by atoms with Crippen LogP contribution in [-0.4, -0.2) is 33.4 Å². The largest absolute Gasteiger partial charge is 0.479 e. The van der Waals surface area contributed by atoms with Gasteiger partial charge in [-0.25, -0.2) is 4.79 Å². The van der Waals surface area contributed by atoms with Crippen molar-refractivity contribution in [3.8, 4) is 0 Å². The summed E-state index contributed by atoms with van der Waals surface area (Å²) in [6.45, 7) is 1.51. The van der Waals surface area contributed by atoms with Gasteiger partial charge in [-0.1, -0.05) is 0 Å². The zero-order chi connectivity index (χ0) is 8.91. The normalized spacial score (nSPS) is 15.9. The van der Waals surface area contributed by atoms with Gasteiger partial charge in [0.15, 0.2) is 4.87 Å². The number of carbonyl (C=O) groups is 1. The molecule has 66 valence electrons. The molecule has 0 bridgehead atoms. The molecule has 11 heavy (non-hydrogen) atoms. The summed E-state index contributed by atoms with van der Waals surface area (Å²) in [7, 11) is 0. The van der Waals surface area contributed by atoms with Gasteiger partial charge in [-0.15, -0.1) is 11.8 Å². The molecule has 0 aliphatic carbocycles. The molecule has 0 aromatic carbocycles. The average Bonchev–Trinajstić information content (AvgIpc) is 1.88. The van der Waals surface area contributed by atoms with Crippen molar-refractivity contribution in [1.29, 1.82) is 0 Å². The number of thioether (sulfide) groups is 1. The Labute approximate surface area is 69.8 Å². The van der Waals surface area contributed by atoms with Crippen molar-refractivity contribution in [2.24, 2.45) is 5.73 Å². The van der Waals surface area contributed by atoms with Crippen LogP contribution in [0.1, 0.15) is 13.3 Å². The van der Waals surface area contributed by atoms with Gasteiger partial charge in [0.1, 0.15) is 0 Å². The van der Waals surface area contributed by atoms with E-state index < -0.39 is 10.8 Å². The summed E-state index contributed by atoms with van der Waals surface area (Å²) in [5.74, 6) is -0.462. The summed E-state index contributed by atoms with van der Waals surface area (Å²) < 4.78 is 0. The van der Waals surface area contributed by atoms with Crippen LogP contribution in [0.3, 0.4) is 0 Å². The van der Waals surface area contributed by atoms with Crippen molar-refractivity contribution in [3.63, 3.8) is 0 Å². The van der Waals surface area contributed by atoms with Crippen LogP contribution in [0.4, 0.5) is 0 Å². The van der Waals surface area contributed by atoms with Crippen LogP contribution >= 0.6 is 11.8 Å². The Hall–Kier alpha value is -0.260. The standard InChI is InChI=1S/C6H13NO3S/c1-6(7,5(9)10)11-4-2-3-8/h8H,2-4,7H2,1H3,(H,9,10)/t6-/m1/s1. The van der Waals surface area contributed by atoms with Crippen molar-refractivity contribution in [2.45, 2.75) is 18.2 Å². The fourth-order valence-electron chi connectivity index (χ4n) is 0.410. The fourth-order valence-corrected chi connectivity index (χ4v) is 1.23. The highest BCUT2D eigenvalue weighted by atomic mass is 32.2. The molecule has 0 spiro atoms. The van der Waals surface area contributed by atoms with E-state index in [1.54, 1.807) is 0 Å². The lowest BCUT2D eigenvalue weighted by molar-refractivity contribution is -0.139. The number of aliphatic carboxylic acids is 1. The van der Waals surface area contributed by atoms with Crippen LogP contribution < -0.4 is 5.73 Å². The SMILES string of the molecule is C[C@@](N)(SCCCO)C(=O)O. The van der Waals surface area contributed by atoms with E-state index in [-0.39, 0.29) is 6.61 Å². The topological polar surface area (TPSA) is 83.5 Å². The summed E-state index contributed by atoms with van der Waals surface area (Å²) in [5, 5.41) is 16.9. The first-order valence-corrected chi connectivity index (χ1v) is 4.26. The van der Waals surface area contributed by atoms with E-state index in [1.165, 1.54) is 6.92 Å². The first-order chi connectivity index (χ1) is 5.00.